The topological polar surface area (TPSA) is 116 Å². The Balaban J connectivity index is 0.000000401. The summed E-state index contributed by atoms with van der Waals surface area (Å²) < 4.78 is 6.06. The van der Waals surface area contributed by atoms with Gasteiger partial charge in [0, 0.05) is 30.8 Å². The second-order valence-electron chi connectivity index (χ2n) is 9.11. The molecule has 0 amide bonds. The fourth-order valence-electron chi connectivity index (χ4n) is 5.21. The largest absolute Gasteiger partial charge is 0.479 e. The SMILES string of the molecule is CC(O)C(=O)O.O=C(OC1C2CCCC1CNC2)[C@](O)(c1ccccc1)C1CCCC1. The van der Waals surface area contributed by atoms with Crippen LogP contribution in [0.3, 0.4) is 0 Å². The van der Waals surface area contributed by atoms with Gasteiger partial charge in [-0.05, 0) is 38.2 Å². The van der Waals surface area contributed by atoms with Crippen LogP contribution >= 0.6 is 0 Å². The number of fused-ring (bicyclic) bond motifs is 2. The maximum Gasteiger partial charge on any atom is 0.343 e. The Kier molecular flexibility index (Phi) is 8.08. The molecular formula is C24H35NO6. The van der Waals surface area contributed by atoms with Crippen LogP contribution in [0, 0.1) is 17.8 Å². The third-order valence-electron chi connectivity index (χ3n) is 6.96. The lowest BCUT2D eigenvalue weighted by Gasteiger charge is -2.43. The van der Waals surface area contributed by atoms with Gasteiger partial charge in [-0.2, -0.15) is 0 Å². The number of aliphatic hydroxyl groups excluding tert-OH is 1. The zero-order chi connectivity index (χ0) is 22.4. The highest BCUT2D eigenvalue weighted by Gasteiger charge is 2.50. The van der Waals surface area contributed by atoms with E-state index in [0.717, 1.165) is 51.6 Å². The summed E-state index contributed by atoms with van der Waals surface area (Å²) in [6.07, 6.45) is 6.08. The van der Waals surface area contributed by atoms with Gasteiger partial charge in [0.15, 0.2) is 5.60 Å². The molecule has 172 valence electrons. The minimum absolute atomic E-state index is 0.0380. The number of carboxylic acids is 1. The lowest BCUT2D eigenvalue weighted by Crippen LogP contribution is -2.54. The van der Waals surface area contributed by atoms with Gasteiger partial charge in [0.1, 0.15) is 12.2 Å². The summed E-state index contributed by atoms with van der Waals surface area (Å²) in [7, 11) is 0. The Morgan fingerprint density at radius 2 is 1.58 bits per heavy atom. The van der Waals surface area contributed by atoms with Crippen molar-refractivity contribution in [2.75, 3.05) is 13.1 Å². The first-order chi connectivity index (χ1) is 14.8. The number of carboxylic acid groups (broad SMARTS) is 1. The number of benzene rings is 1. The molecule has 0 aromatic heterocycles. The van der Waals surface area contributed by atoms with Crippen molar-refractivity contribution in [3.05, 3.63) is 35.9 Å². The zero-order valence-corrected chi connectivity index (χ0v) is 18.2. The van der Waals surface area contributed by atoms with E-state index >= 15 is 0 Å². The molecular weight excluding hydrogens is 398 g/mol. The highest BCUT2D eigenvalue weighted by Crippen LogP contribution is 2.43. The average molecular weight is 434 g/mol. The van der Waals surface area contributed by atoms with E-state index < -0.39 is 23.6 Å². The van der Waals surface area contributed by atoms with Gasteiger partial charge >= 0.3 is 11.9 Å². The van der Waals surface area contributed by atoms with Gasteiger partial charge in [-0.3, -0.25) is 0 Å². The van der Waals surface area contributed by atoms with E-state index in [1.54, 1.807) is 0 Å². The van der Waals surface area contributed by atoms with Crippen molar-refractivity contribution in [1.82, 2.24) is 5.32 Å². The smallest absolute Gasteiger partial charge is 0.343 e. The summed E-state index contributed by atoms with van der Waals surface area (Å²) in [6.45, 7) is 3.03. The first kappa shape index (κ1) is 23.7. The van der Waals surface area contributed by atoms with E-state index in [1.165, 1.54) is 13.3 Å². The molecule has 4 rings (SSSR count). The van der Waals surface area contributed by atoms with Crippen molar-refractivity contribution in [3.8, 4) is 0 Å². The number of aliphatic carboxylic acids is 1. The van der Waals surface area contributed by atoms with Crippen molar-refractivity contribution in [3.63, 3.8) is 0 Å². The number of carbonyl (C=O) groups is 2. The number of piperidine rings is 1. The molecule has 4 atom stereocenters. The van der Waals surface area contributed by atoms with Crippen LogP contribution in [0.5, 0.6) is 0 Å². The fraction of sp³-hybridized carbons (Fsp3) is 0.667. The normalized spacial score (nSPS) is 28.5. The number of hydrogen-bond donors (Lipinski definition) is 4. The molecule has 2 saturated carbocycles. The molecule has 2 aliphatic carbocycles. The molecule has 3 fully saturated rings. The standard InChI is InChI=1S/C21H29NO3.C3H6O3/c23-20(25-19-15-7-6-8-16(19)14-22-13-15)21(24,18-11-4-5-12-18)17-9-2-1-3-10-17;1-2(4)3(5)6/h1-3,9-10,15-16,18-19,22,24H,4-8,11-14H2;2,4H,1H3,(H,5,6)/t15?,16?,19?,21-;/m0./s1. The van der Waals surface area contributed by atoms with E-state index in [0.29, 0.717) is 17.4 Å². The lowest BCUT2D eigenvalue weighted by atomic mass is 9.75. The molecule has 1 saturated heterocycles. The van der Waals surface area contributed by atoms with E-state index in [-0.39, 0.29) is 12.0 Å². The number of hydrogen-bond acceptors (Lipinski definition) is 6. The van der Waals surface area contributed by atoms with E-state index in [4.69, 9.17) is 14.9 Å². The molecule has 0 radical (unpaired) electrons. The zero-order valence-electron chi connectivity index (χ0n) is 18.2. The van der Waals surface area contributed by atoms with E-state index in [2.05, 4.69) is 5.32 Å². The number of ether oxygens (including phenoxy) is 1. The van der Waals surface area contributed by atoms with Crippen LogP contribution in [0.2, 0.25) is 0 Å². The monoisotopic (exact) mass is 433 g/mol. The number of carbonyl (C=O) groups excluding carboxylic acids is 1. The summed E-state index contributed by atoms with van der Waals surface area (Å²) in [5.74, 6) is -0.867. The van der Waals surface area contributed by atoms with E-state index in [9.17, 15) is 14.7 Å². The molecule has 7 heteroatoms. The first-order valence-electron chi connectivity index (χ1n) is 11.4. The Bertz CT molecular complexity index is 711. The van der Waals surface area contributed by atoms with Gasteiger partial charge in [-0.15, -0.1) is 0 Å². The van der Waals surface area contributed by atoms with Crippen LogP contribution in [0.1, 0.15) is 57.4 Å². The summed E-state index contributed by atoms with van der Waals surface area (Å²) in [5, 5.41) is 30.8. The van der Waals surface area contributed by atoms with Crippen molar-refractivity contribution in [2.45, 2.75) is 69.7 Å². The van der Waals surface area contributed by atoms with Crippen LogP contribution in [0.4, 0.5) is 0 Å². The molecule has 4 N–H and O–H groups in total. The Morgan fingerprint density at radius 3 is 2.10 bits per heavy atom. The summed E-state index contributed by atoms with van der Waals surface area (Å²) in [4.78, 5) is 22.7. The number of aliphatic hydroxyl groups is 2. The van der Waals surface area contributed by atoms with Gasteiger partial charge in [-0.25, -0.2) is 9.59 Å². The van der Waals surface area contributed by atoms with Gasteiger partial charge in [0.2, 0.25) is 0 Å². The van der Waals surface area contributed by atoms with Crippen molar-refractivity contribution in [2.24, 2.45) is 17.8 Å². The molecule has 1 aliphatic heterocycles. The van der Waals surface area contributed by atoms with Crippen molar-refractivity contribution >= 4 is 11.9 Å². The highest BCUT2D eigenvalue weighted by molar-refractivity contribution is 5.82. The van der Waals surface area contributed by atoms with Gasteiger partial charge in [-0.1, -0.05) is 49.6 Å². The van der Waals surface area contributed by atoms with Crippen LogP contribution in [-0.2, 0) is 19.9 Å². The van der Waals surface area contributed by atoms with Gasteiger partial charge < -0.3 is 25.4 Å². The van der Waals surface area contributed by atoms with Crippen LogP contribution in [0.15, 0.2) is 30.3 Å². The van der Waals surface area contributed by atoms with Crippen LogP contribution < -0.4 is 5.32 Å². The van der Waals surface area contributed by atoms with Crippen LogP contribution in [0.25, 0.3) is 0 Å². The first-order valence-corrected chi connectivity index (χ1v) is 11.4. The van der Waals surface area contributed by atoms with Gasteiger partial charge in [0.05, 0.1) is 0 Å². The second-order valence-corrected chi connectivity index (χ2v) is 9.11. The van der Waals surface area contributed by atoms with Crippen molar-refractivity contribution in [1.29, 1.82) is 0 Å². The summed E-state index contributed by atoms with van der Waals surface area (Å²) in [6, 6.07) is 9.43. The Labute approximate surface area is 183 Å². The maximum absolute atomic E-state index is 13.3. The van der Waals surface area contributed by atoms with E-state index in [1.807, 2.05) is 30.3 Å². The van der Waals surface area contributed by atoms with Crippen molar-refractivity contribution < 1.29 is 29.6 Å². The molecule has 1 aromatic rings. The molecule has 1 heterocycles. The molecule has 31 heavy (non-hydrogen) atoms. The predicted octanol–water partition coefficient (Wildman–Crippen LogP) is 2.45. The highest BCUT2D eigenvalue weighted by atomic mass is 16.6. The maximum atomic E-state index is 13.3. The number of nitrogens with one attached hydrogen (secondary N) is 1. The molecule has 2 bridgehead atoms. The molecule has 0 spiro atoms. The fourth-order valence-corrected chi connectivity index (χ4v) is 5.21. The average Bonchev–Trinajstić information content (AvgIpc) is 3.29. The molecule has 3 unspecified atom stereocenters. The Hall–Kier alpha value is -1.96. The third-order valence-corrected chi connectivity index (χ3v) is 6.96. The minimum Gasteiger partial charge on any atom is -0.479 e. The molecule has 1 aromatic carbocycles. The third kappa shape index (κ3) is 5.45. The Morgan fingerprint density at radius 1 is 1.03 bits per heavy atom. The second kappa shape index (κ2) is 10.6. The van der Waals surface area contributed by atoms with Gasteiger partial charge in [0.25, 0.3) is 0 Å². The lowest BCUT2D eigenvalue weighted by molar-refractivity contribution is -0.189. The molecule has 7 nitrogen and oxygen atoms in total. The predicted molar refractivity (Wildman–Crippen MR) is 115 cm³/mol. The molecule has 3 aliphatic rings. The summed E-state index contributed by atoms with van der Waals surface area (Å²) in [5.41, 5.74) is -0.817. The summed E-state index contributed by atoms with van der Waals surface area (Å²) >= 11 is 0. The number of rotatable bonds is 5. The number of esters is 1. The quantitative estimate of drug-likeness (QED) is 0.527. The minimum atomic E-state index is -1.50. The van der Waals surface area contributed by atoms with Crippen LogP contribution in [-0.4, -0.2) is 52.6 Å².